The normalized spacial score (nSPS) is 35.2. The van der Waals surface area contributed by atoms with Gasteiger partial charge in [0.1, 0.15) is 0 Å². The van der Waals surface area contributed by atoms with Crippen LogP contribution in [-0.4, -0.2) is 40.8 Å². The number of hydrogen-bond acceptors (Lipinski definition) is 3. The Hall–Kier alpha value is -0.120. The summed E-state index contributed by atoms with van der Waals surface area (Å²) >= 11 is 0. The average molecular weight is 226 g/mol. The minimum atomic E-state index is -0.304. The minimum Gasteiger partial charge on any atom is -0.394 e. The molecule has 0 heterocycles. The molecule has 0 amide bonds. The molecule has 2 aliphatic rings. The number of hydrogen-bond donors (Lipinski definition) is 2. The Morgan fingerprint density at radius 1 is 1.38 bits per heavy atom. The maximum atomic E-state index is 9.31. The number of aliphatic hydroxyl groups is 1. The van der Waals surface area contributed by atoms with Gasteiger partial charge in [-0.3, -0.25) is 4.90 Å². The summed E-state index contributed by atoms with van der Waals surface area (Å²) < 4.78 is 0. The summed E-state index contributed by atoms with van der Waals surface area (Å²) in [6.45, 7) is 5.93. The van der Waals surface area contributed by atoms with E-state index in [0.29, 0.717) is 12.1 Å². The molecule has 2 atom stereocenters. The van der Waals surface area contributed by atoms with E-state index in [1.807, 2.05) is 0 Å². The molecular weight excluding hydrogens is 200 g/mol. The molecule has 0 bridgehead atoms. The van der Waals surface area contributed by atoms with Gasteiger partial charge in [-0.15, -0.1) is 0 Å². The Kier molecular flexibility index (Phi) is 3.57. The molecule has 2 fully saturated rings. The van der Waals surface area contributed by atoms with Crippen LogP contribution in [0.15, 0.2) is 0 Å². The Bertz CT molecular complexity index is 240. The summed E-state index contributed by atoms with van der Waals surface area (Å²) in [7, 11) is 0. The molecular formula is C13H26N2O. The van der Waals surface area contributed by atoms with Crippen LogP contribution in [0.5, 0.6) is 0 Å². The third-order valence-corrected chi connectivity index (χ3v) is 4.23. The van der Waals surface area contributed by atoms with Crippen molar-refractivity contribution < 1.29 is 5.11 Å². The average Bonchev–Trinajstić information content (AvgIpc) is 2.98. The lowest BCUT2D eigenvalue weighted by Gasteiger charge is -2.33. The maximum absolute atomic E-state index is 9.31. The molecule has 16 heavy (non-hydrogen) atoms. The van der Waals surface area contributed by atoms with E-state index in [0.717, 1.165) is 25.2 Å². The van der Waals surface area contributed by atoms with Gasteiger partial charge in [0.2, 0.25) is 0 Å². The van der Waals surface area contributed by atoms with Crippen LogP contribution in [-0.2, 0) is 0 Å². The quantitative estimate of drug-likeness (QED) is 0.744. The number of rotatable bonds is 5. The highest BCUT2D eigenvalue weighted by Crippen LogP contribution is 2.36. The number of nitrogens with two attached hydrogens (primary N) is 1. The minimum absolute atomic E-state index is 0.138. The fourth-order valence-corrected chi connectivity index (χ4v) is 2.93. The van der Waals surface area contributed by atoms with Crippen LogP contribution in [0.3, 0.4) is 0 Å². The van der Waals surface area contributed by atoms with Crippen LogP contribution in [0, 0.1) is 5.92 Å². The van der Waals surface area contributed by atoms with Crippen LogP contribution in [0.2, 0.25) is 0 Å². The lowest BCUT2D eigenvalue weighted by molar-refractivity contribution is 0.132. The van der Waals surface area contributed by atoms with E-state index in [4.69, 9.17) is 5.73 Å². The van der Waals surface area contributed by atoms with E-state index < -0.39 is 0 Å². The first-order valence-electron chi connectivity index (χ1n) is 6.69. The zero-order chi connectivity index (χ0) is 11.8. The van der Waals surface area contributed by atoms with Crippen molar-refractivity contribution >= 4 is 0 Å². The summed E-state index contributed by atoms with van der Waals surface area (Å²) in [6, 6.07) is 1.20. The number of aliphatic hydroxyl groups excluding tert-OH is 1. The molecule has 0 aromatic heterocycles. The SMILES string of the molecule is CC(C)N(CC1CC1)C1CCC(N)(CO)C1. The van der Waals surface area contributed by atoms with Crippen molar-refractivity contribution in [3.05, 3.63) is 0 Å². The van der Waals surface area contributed by atoms with Crippen molar-refractivity contribution in [1.29, 1.82) is 0 Å². The Morgan fingerprint density at radius 2 is 2.06 bits per heavy atom. The van der Waals surface area contributed by atoms with E-state index in [-0.39, 0.29) is 12.1 Å². The molecule has 0 spiro atoms. The van der Waals surface area contributed by atoms with Gasteiger partial charge in [0.15, 0.2) is 0 Å². The van der Waals surface area contributed by atoms with Gasteiger partial charge >= 0.3 is 0 Å². The lowest BCUT2D eigenvalue weighted by atomic mass is 10.00. The summed E-state index contributed by atoms with van der Waals surface area (Å²) in [4.78, 5) is 2.61. The van der Waals surface area contributed by atoms with Gasteiger partial charge in [-0.1, -0.05) is 0 Å². The zero-order valence-electron chi connectivity index (χ0n) is 10.7. The van der Waals surface area contributed by atoms with E-state index in [2.05, 4.69) is 18.7 Å². The number of nitrogens with zero attached hydrogens (tertiary/aromatic N) is 1. The fraction of sp³-hybridized carbons (Fsp3) is 1.00. The zero-order valence-corrected chi connectivity index (χ0v) is 10.7. The van der Waals surface area contributed by atoms with Crippen LogP contribution < -0.4 is 5.73 Å². The first kappa shape index (κ1) is 12.3. The van der Waals surface area contributed by atoms with E-state index in [9.17, 15) is 5.11 Å². The smallest absolute Gasteiger partial charge is 0.0611 e. The summed E-state index contributed by atoms with van der Waals surface area (Å²) in [6.07, 6.45) is 5.91. The monoisotopic (exact) mass is 226 g/mol. The molecule has 2 aliphatic carbocycles. The molecule has 2 saturated carbocycles. The van der Waals surface area contributed by atoms with Crippen molar-refractivity contribution in [3.63, 3.8) is 0 Å². The van der Waals surface area contributed by atoms with Crippen LogP contribution >= 0.6 is 0 Å². The van der Waals surface area contributed by atoms with E-state index in [1.54, 1.807) is 0 Å². The lowest BCUT2D eigenvalue weighted by Crippen LogP contribution is -2.45. The molecule has 0 radical (unpaired) electrons. The van der Waals surface area contributed by atoms with Crippen molar-refractivity contribution in [2.24, 2.45) is 11.7 Å². The largest absolute Gasteiger partial charge is 0.394 e. The van der Waals surface area contributed by atoms with Crippen LogP contribution in [0.4, 0.5) is 0 Å². The highest BCUT2D eigenvalue weighted by molar-refractivity contribution is 4.98. The van der Waals surface area contributed by atoms with E-state index >= 15 is 0 Å². The predicted octanol–water partition coefficient (Wildman–Crippen LogP) is 1.35. The highest BCUT2D eigenvalue weighted by Gasteiger charge is 2.39. The van der Waals surface area contributed by atoms with Gasteiger partial charge < -0.3 is 10.8 Å². The topological polar surface area (TPSA) is 49.5 Å². The summed E-state index contributed by atoms with van der Waals surface area (Å²) in [5.41, 5.74) is 5.85. The Labute approximate surface area is 99.0 Å². The van der Waals surface area contributed by atoms with Gasteiger partial charge in [-0.2, -0.15) is 0 Å². The van der Waals surface area contributed by atoms with Crippen LogP contribution in [0.1, 0.15) is 46.0 Å². The molecule has 0 aromatic rings. The van der Waals surface area contributed by atoms with Crippen molar-refractivity contribution in [2.45, 2.75) is 63.6 Å². The molecule has 0 aromatic carbocycles. The van der Waals surface area contributed by atoms with E-state index in [1.165, 1.54) is 19.4 Å². The van der Waals surface area contributed by atoms with Crippen LogP contribution in [0.25, 0.3) is 0 Å². The Balaban J connectivity index is 1.93. The standard InChI is InChI=1S/C13H26N2O/c1-10(2)15(8-11-3-4-11)12-5-6-13(14,7-12)9-16/h10-12,16H,3-9,14H2,1-2H3. The maximum Gasteiger partial charge on any atom is 0.0611 e. The third-order valence-electron chi connectivity index (χ3n) is 4.23. The molecule has 0 saturated heterocycles. The molecule has 2 rings (SSSR count). The fourth-order valence-electron chi connectivity index (χ4n) is 2.93. The van der Waals surface area contributed by atoms with Crippen molar-refractivity contribution in [3.8, 4) is 0 Å². The molecule has 94 valence electrons. The molecule has 2 unspecified atom stereocenters. The van der Waals surface area contributed by atoms with Crippen molar-refractivity contribution in [1.82, 2.24) is 4.90 Å². The second-order valence-corrected chi connectivity index (χ2v) is 6.15. The molecule has 3 heteroatoms. The Morgan fingerprint density at radius 3 is 2.50 bits per heavy atom. The molecule has 3 N–H and O–H groups in total. The first-order valence-corrected chi connectivity index (χ1v) is 6.69. The predicted molar refractivity (Wildman–Crippen MR) is 66.2 cm³/mol. The van der Waals surface area contributed by atoms with Gasteiger partial charge in [0.25, 0.3) is 0 Å². The second-order valence-electron chi connectivity index (χ2n) is 6.15. The first-order chi connectivity index (χ1) is 7.54. The molecule has 3 nitrogen and oxygen atoms in total. The summed E-state index contributed by atoms with van der Waals surface area (Å²) in [5.74, 6) is 0.935. The van der Waals surface area contributed by atoms with Gasteiger partial charge in [-0.05, 0) is 51.9 Å². The van der Waals surface area contributed by atoms with Gasteiger partial charge in [-0.25, -0.2) is 0 Å². The molecule has 0 aliphatic heterocycles. The second kappa shape index (κ2) is 4.63. The van der Waals surface area contributed by atoms with Crippen molar-refractivity contribution in [2.75, 3.05) is 13.2 Å². The third kappa shape index (κ3) is 2.76. The highest BCUT2D eigenvalue weighted by atomic mass is 16.3. The van der Waals surface area contributed by atoms with Gasteiger partial charge in [0.05, 0.1) is 6.61 Å². The summed E-state index contributed by atoms with van der Waals surface area (Å²) in [5, 5.41) is 9.31. The van der Waals surface area contributed by atoms with Gasteiger partial charge in [0, 0.05) is 24.2 Å².